The Balaban J connectivity index is 2.31. The lowest BCUT2D eigenvalue weighted by Gasteiger charge is -2.32. The second-order valence-electron chi connectivity index (χ2n) is 6.50. The highest BCUT2D eigenvalue weighted by molar-refractivity contribution is 6.62. The minimum atomic E-state index is -0.492. The molecule has 0 saturated carbocycles. The van der Waals surface area contributed by atoms with Crippen LogP contribution >= 0.6 is 0 Å². The Morgan fingerprint density at radius 2 is 1.81 bits per heavy atom. The van der Waals surface area contributed by atoms with Crippen LogP contribution in [0.2, 0.25) is 0 Å². The van der Waals surface area contributed by atoms with Crippen molar-refractivity contribution in [1.82, 2.24) is 0 Å². The van der Waals surface area contributed by atoms with Crippen LogP contribution in [0, 0.1) is 11.3 Å². The van der Waals surface area contributed by atoms with Crippen molar-refractivity contribution < 1.29 is 14.1 Å². The van der Waals surface area contributed by atoms with E-state index in [-0.39, 0.29) is 12.2 Å². The Labute approximate surface area is 126 Å². The highest BCUT2D eigenvalue weighted by atomic mass is 16.7. The molecule has 0 amide bonds. The number of benzene rings is 1. The fourth-order valence-electron chi connectivity index (χ4n) is 2.25. The van der Waals surface area contributed by atoms with Gasteiger partial charge in [0.15, 0.2) is 0 Å². The van der Waals surface area contributed by atoms with E-state index in [2.05, 4.69) is 6.07 Å². The van der Waals surface area contributed by atoms with Crippen molar-refractivity contribution in [2.45, 2.75) is 52.2 Å². The summed E-state index contributed by atoms with van der Waals surface area (Å²) in [7, 11) is -0.492. The largest absolute Gasteiger partial charge is 0.494 e. The van der Waals surface area contributed by atoms with Gasteiger partial charge < -0.3 is 9.31 Å². The Hall–Kier alpha value is -1.64. The standard InChI is InChI=1S/C16H20BNO3/c1-11(19)8-12-6-7-14(9-13(12)10-18)17-20-15(2,3)16(4,5)21-17/h6-7,9H,8H2,1-5H3. The normalized spacial score (nSPS) is 19.3. The van der Waals surface area contributed by atoms with Gasteiger partial charge >= 0.3 is 7.12 Å². The minimum absolute atomic E-state index is 0.0369. The molecule has 1 aromatic carbocycles. The summed E-state index contributed by atoms with van der Waals surface area (Å²) in [5.41, 5.74) is 1.21. The van der Waals surface area contributed by atoms with Crippen LogP contribution in [0.1, 0.15) is 45.7 Å². The predicted octanol–water partition coefficient (Wildman–Crippen LogP) is 1.99. The van der Waals surface area contributed by atoms with Gasteiger partial charge in [-0.05, 0) is 51.7 Å². The molecule has 0 radical (unpaired) electrons. The number of Topliss-reactive ketones (excluding diaryl/α,β-unsaturated/α-hetero) is 1. The zero-order chi connectivity index (χ0) is 15.8. The third kappa shape index (κ3) is 3.02. The number of ketones is 1. The summed E-state index contributed by atoms with van der Waals surface area (Å²) >= 11 is 0. The molecule has 0 N–H and O–H groups in total. The first-order valence-electron chi connectivity index (χ1n) is 7.04. The fraction of sp³-hybridized carbons (Fsp3) is 0.500. The molecule has 0 atom stereocenters. The van der Waals surface area contributed by atoms with Crippen LogP contribution < -0.4 is 5.46 Å². The highest BCUT2D eigenvalue weighted by Crippen LogP contribution is 2.36. The minimum Gasteiger partial charge on any atom is -0.399 e. The van der Waals surface area contributed by atoms with E-state index in [1.54, 1.807) is 12.1 Å². The van der Waals surface area contributed by atoms with Gasteiger partial charge in [-0.25, -0.2) is 0 Å². The van der Waals surface area contributed by atoms with E-state index in [9.17, 15) is 10.1 Å². The average Bonchev–Trinajstić information content (AvgIpc) is 2.58. The van der Waals surface area contributed by atoms with Gasteiger partial charge in [-0.2, -0.15) is 5.26 Å². The summed E-state index contributed by atoms with van der Waals surface area (Å²) in [6.07, 6.45) is 0.270. The van der Waals surface area contributed by atoms with Crippen molar-refractivity contribution in [3.05, 3.63) is 29.3 Å². The van der Waals surface area contributed by atoms with Crippen LogP contribution in [0.4, 0.5) is 0 Å². The smallest absolute Gasteiger partial charge is 0.399 e. The molecular formula is C16H20BNO3. The van der Waals surface area contributed by atoms with Gasteiger partial charge in [-0.15, -0.1) is 0 Å². The SMILES string of the molecule is CC(=O)Cc1ccc(B2OC(C)(C)C(C)(C)O2)cc1C#N. The first kappa shape index (κ1) is 15.7. The predicted molar refractivity (Wildman–Crippen MR) is 81.3 cm³/mol. The Bertz CT molecular complexity index is 600. The number of nitrogens with zero attached hydrogens (tertiary/aromatic N) is 1. The summed E-state index contributed by atoms with van der Waals surface area (Å²) < 4.78 is 11.9. The topological polar surface area (TPSA) is 59.3 Å². The monoisotopic (exact) mass is 285 g/mol. The Kier molecular flexibility index (Phi) is 3.96. The zero-order valence-corrected chi connectivity index (χ0v) is 13.2. The maximum Gasteiger partial charge on any atom is 0.494 e. The summed E-state index contributed by atoms with van der Waals surface area (Å²) in [4.78, 5) is 11.2. The van der Waals surface area contributed by atoms with Crippen LogP contribution in [-0.4, -0.2) is 24.1 Å². The van der Waals surface area contributed by atoms with E-state index in [1.807, 2.05) is 33.8 Å². The molecule has 1 fully saturated rings. The van der Waals surface area contributed by atoms with Gasteiger partial charge in [0, 0.05) is 6.42 Å². The number of rotatable bonds is 3. The molecule has 21 heavy (non-hydrogen) atoms. The molecule has 110 valence electrons. The van der Waals surface area contributed by atoms with E-state index >= 15 is 0 Å². The molecule has 0 aromatic heterocycles. The van der Waals surface area contributed by atoms with E-state index < -0.39 is 18.3 Å². The van der Waals surface area contributed by atoms with Crippen LogP contribution in [0.5, 0.6) is 0 Å². The van der Waals surface area contributed by atoms with Crippen molar-refractivity contribution in [1.29, 1.82) is 5.26 Å². The number of hydrogen-bond donors (Lipinski definition) is 0. The number of hydrogen-bond acceptors (Lipinski definition) is 4. The maximum atomic E-state index is 11.2. The van der Waals surface area contributed by atoms with Crippen LogP contribution in [0.15, 0.2) is 18.2 Å². The molecule has 0 spiro atoms. The third-order valence-electron chi connectivity index (χ3n) is 4.22. The molecular weight excluding hydrogens is 265 g/mol. The van der Waals surface area contributed by atoms with E-state index in [0.29, 0.717) is 5.56 Å². The Morgan fingerprint density at radius 1 is 1.24 bits per heavy atom. The fourth-order valence-corrected chi connectivity index (χ4v) is 2.25. The zero-order valence-electron chi connectivity index (χ0n) is 13.2. The van der Waals surface area contributed by atoms with Crippen LogP contribution in [0.3, 0.4) is 0 Å². The molecule has 1 aromatic rings. The first-order chi connectivity index (χ1) is 9.66. The molecule has 0 aliphatic carbocycles. The first-order valence-corrected chi connectivity index (χ1v) is 7.04. The quantitative estimate of drug-likeness (QED) is 0.797. The highest BCUT2D eigenvalue weighted by Gasteiger charge is 2.51. The second-order valence-corrected chi connectivity index (χ2v) is 6.50. The molecule has 0 unspecified atom stereocenters. The molecule has 4 nitrogen and oxygen atoms in total. The van der Waals surface area contributed by atoms with E-state index in [1.165, 1.54) is 6.92 Å². The van der Waals surface area contributed by atoms with E-state index in [0.717, 1.165) is 11.0 Å². The molecule has 2 rings (SSSR count). The lowest BCUT2D eigenvalue weighted by atomic mass is 9.77. The van der Waals surface area contributed by atoms with Gasteiger partial charge in [0.1, 0.15) is 5.78 Å². The molecule has 0 bridgehead atoms. The summed E-state index contributed by atoms with van der Waals surface area (Å²) in [6.45, 7) is 9.47. The van der Waals surface area contributed by atoms with Gasteiger partial charge in [-0.3, -0.25) is 4.79 Å². The van der Waals surface area contributed by atoms with Crippen LogP contribution in [0.25, 0.3) is 0 Å². The van der Waals surface area contributed by atoms with Crippen LogP contribution in [-0.2, 0) is 20.5 Å². The molecule has 1 heterocycles. The van der Waals surface area contributed by atoms with Crippen molar-refractivity contribution in [3.63, 3.8) is 0 Å². The van der Waals surface area contributed by atoms with Gasteiger partial charge in [0.05, 0.1) is 22.8 Å². The molecule has 1 aliphatic rings. The Morgan fingerprint density at radius 3 is 2.29 bits per heavy atom. The number of carbonyl (C=O) groups excluding carboxylic acids is 1. The third-order valence-corrected chi connectivity index (χ3v) is 4.22. The van der Waals surface area contributed by atoms with Crippen molar-refractivity contribution in [2.24, 2.45) is 0 Å². The second kappa shape index (κ2) is 5.29. The maximum absolute atomic E-state index is 11.2. The van der Waals surface area contributed by atoms with Gasteiger partial charge in [0.2, 0.25) is 0 Å². The summed E-state index contributed by atoms with van der Waals surface area (Å²) in [6, 6.07) is 7.56. The summed E-state index contributed by atoms with van der Waals surface area (Å²) in [5.74, 6) is 0.0369. The number of carbonyl (C=O) groups is 1. The average molecular weight is 285 g/mol. The lowest BCUT2D eigenvalue weighted by molar-refractivity contribution is -0.116. The number of nitriles is 1. The van der Waals surface area contributed by atoms with Gasteiger partial charge in [-0.1, -0.05) is 12.1 Å². The van der Waals surface area contributed by atoms with Crippen molar-refractivity contribution >= 4 is 18.4 Å². The van der Waals surface area contributed by atoms with Crippen molar-refractivity contribution in [3.8, 4) is 6.07 Å². The molecule has 1 saturated heterocycles. The molecule has 5 heteroatoms. The van der Waals surface area contributed by atoms with E-state index in [4.69, 9.17) is 9.31 Å². The molecule has 1 aliphatic heterocycles. The van der Waals surface area contributed by atoms with Gasteiger partial charge in [0.25, 0.3) is 0 Å². The van der Waals surface area contributed by atoms with Crippen molar-refractivity contribution in [2.75, 3.05) is 0 Å². The summed E-state index contributed by atoms with van der Waals surface area (Å²) in [5, 5.41) is 9.26. The lowest BCUT2D eigenvalue weighted by Crippen LogP contribution is -2.41.